The summed E-state index contributed by atoms with van der Waals surface area (Å²) in [5.41, 5.74) is 3.59. The fourth-order valence-electron chi connectivity index (χ4n) is 3.30. The molecule has 1 aliphatic rings. The standard InChI is InChI=1S/C20H22N4O3/c1-14-2-5-16(6-3-14)27-13-19(25)24-10-8-23(9-11-24)15-4-7-17-18(12-15)22-20(26)21-17/h2-7,12H,8-11,13H2,1H3,(H2,21,22,26). The number of rotatable bonds is 4. The van der Waals surface area contributed by atoms with E-state index < -0.39 is 0 Å². The molecule has 2 heterocycles. The lowest BCUT2D eigenvalue weighted by Gasteiger charge is -2.36. The molecule has 1 aliphatic heterocycles. The highest BCUT2D eigenvalue weighted by Crippen LogP contribution is 2.20. The molecule has 0 spiro atoms. The Balaban J connectivity index is 1.32. The molecule has 2 N–H and O–H groups in total. The van der Waals surface area contributed by atoms with E-state index in [0.717, 1.165) is 35.4 Å². The second-order valence-electron chi connectivity index (χ2n) is 6.78. The van der Waals surface area contributed by atoms with Crippen LogP contribution < -0.4 is 15.3 Å². The van der Waals surface area contributed by atoms with E-state index >= 15 is 0 Å². The highest BCUT2D eigenvalue weighted by atomic mass is 16.5. The van der Waals surface area contributed by atoms with Gasteiger partial charge in [-0.25, -0.2) is 4.79 Å². The van der Waals surface area contributed by atoms with Crippen LogP contribution in [0.1, 0.15) is 5.56 Å². The Hall–Kier alpha value is -3.22. The number of hydrogen-bond donors (Lipinski definition) is 2. The molecular weight excluding hydrogens is 344 g/mol. The number of amides is 1. The Morgan fingerprint density at radius 3 is 2.44 bits per heavy atom. The summed E-state index contributed by atoms with van der Waals surface area (Å²) in [6.45, 7) is 4.86. The normalized spacial score (nSPS) is 14.6. The summed E-state index contributed by atoms with van der Waals surface area (Å²) in [6.07, 6.45) is 0. The van der Waals surface area contributed by atoms with Gasteiger partial charge in [-0.1, -0.05) is 17.7 Å². The van der Waals surface area contributed by atoms with Gasteiger partial charge in [0.05, 0.1) is 11.0 Å². The van der Waals surface area contributed by atoms with Gasteiger partial charge in [0.15, 0.2) is 6.61 Å². The van der Waals surface area contributed by atoms with E-state index in [1.165, 1.54) is 0 Å². The zero-order valence-corrected chi connectivity index (χ0v) is 15.2. The fourth-order valence-corrected chi connectivity index (χ4v) is 3.30. The summed E-state index contributed by atoms with van der Waals surface area (Å²) in [5.74, 6) is 0.710. The first-order valence-electron chi connectivity index (χ1n) is 9.03. The van der Waals surface area contributed by atoms with Crippen molar-refractivity contribution in [1.29, 1.82) is 0 Å². The largest absolute Gasteiger partial charge is 0.484 e. The lowest BCUT2D eigenvalue weighted by atomic mass is 10.2. The summed E-state index contributed by atoms with van der Waals surface area (Å²) in [6, 6.07) is 13.5. The van der Waals surface area contributed by atoms with Crippen LogP contribution in [0.5, 0.6) is 5.75 Å². The third-order valence-electron chi connectivity index (χ3n) is 4.88. The summed E-state index contributed by atoms with van der Waals surface area (Å²) in [4.78, 5) is 33.4. The first-order chi connectivity index (χ1) is 13.1. The number of fused-ring (bicyclic) bond motifs is 1. The van der Waals surface area contributed by atoms with Crippen molar-refractivity contribution in [3.63, 3.8) is 0 Å². The number of hydrogen-bond acceptors (Lipinski definition) is 4. The van der Waals surface area contributed by atoms with Crippen molar-refractivity contribution in [3.8, 4) is 5.75 Å². The molecule has 1 aromatic heterocycles. The molecule has 1 saturated heterocycles. The van der Waals surface area contributed by atoms with Crippen molar-refractivity contribution in [2.24, 2.45) is 0 Å². The predicted octanol–water partition coefficient (Wildman–Crippen LogP) is 1.89. The van der Waals surface area contributed by atoms with Crippen molar-refractivity contribution < 1.29 is 9.53 Å². The average molecular weight is 366 g/mol. The Kier molecular flexibility index (Phi) is 4.58. The molecule has 140 valence electrons. The number of ether oxygens (including phenoxy) is 1. The minimum Gasteiger partial charge on any atom is -0.484 e. The van der Waals surface area contributed by atoms with Crippen LogP contribution in [0.15, 0.2) is 47.3 Å². The molecule has 7 heteroatoms. The molecule has 0 unspecified atom stereocenters. The third-order valence-corrected chi connectivity index (χ3v) is 4.88. The Labute approximate surface area is 156 Å². The van der Waals surface area contributed by atoms with Crippen LogP contribution in [0, 0.1) is 6.92 Å². The molecule has 0 atom stereocenters. The van der Waals surface area contributed by atoms with Crippen molar-refractivity contribution in [2.45, 2.75) is 6.92 Å². The summed E-state index contributed by atoms with van der Waals surface area (Å²) >= 11 is 0. The SMILES string of the molecule is Cc1ccc(OCC(=O)N2CCN(c3ccc4[nH]c(=O)[nH]c4c3)CC2)cc1. The zero-order valence-electron chi connectivity index (χ0n) is 15.2. The van der Waals surface area contributed by atoms with Gasteiger partial charge in [-0.2, -0.15) is 0 Å². The maximum atomic E-state index is 12.4. The molecule has 1 fully saturated rings. The van der Waals surface area contributed by atoms with E-state index in [0.29, 0.717) is 18.8 Å². The van der Waals surface area contributed by atoms with Crippen LogP contribution in [-0.2, 0) is 4.79 Å². The summed E-state index contributed by atoms with van der Waals surface area (Å²) in [7, 11) is 0. The molecule has 4 rings (SSSR count). The number of imidazole rings is 1. The maximum Gasteiger partial charge on any atom is 0.323 e. The molecular formula is C20H22N4O3. The molecule has 1 amide bonds. The highest BCUT2D eigenvalue weighted by Gasteiger charge is 2.22. The van der Waals surface area contributed by atoms with Gasteiger partial charge in [-0.3, -0.25) is 4.79 Å². The van der Waals surface area contributed by atoms with E-state index in [1.54, 1.807) is 0 Å². The average Bonchev–Trinajstić information content (AvgIpc) is 3.06. The van der Waals surface area contributed by atoms with E-state index in [1.807, 2.05) is 54.3 Å². The van der Waals surface area contributed by atoms with Gasteiger partial charge in [0.1, 0.15) is 5.75 Å². The Morgan fingerprint density at radius 1 is 1.00 bits per heavy atom. The summed E-state index contributed by atoms with van der Waals surface area (Å²) < 4.78 is 5.60. The van der Waals surface area contributed by atoms with Crippen molar-refractivity contribution >= 4 is 22.6 Å². The number of aryl methyl sites for hydroxylation is 1. The number of piperazine rings is 1. The number of carbonyl (C=O) groups excluding carboxylic acids is 1. The Bertz CT molecular complexity index is 998. The topological polar surface area (TPSA) is 81.4 Å². The predicted molar refractivity (Wildman–Crippen MR) is 104 cm³/mol. The summed E-state index contributed by atoms with van der Waals surface area (Å²) in [5, 5.41) is 0. The van der Waals surface area contributed by atoms with Gasteiger partial charge < -0.3 is 24.5 Å². The van der Waals surface area contributed by atoms with Crippen molar-refractivity contribution in [3.05, 3.63) is 58.5 Å². The molecule has 2 aromatic carbocycles. The number of nitrogens with one attached hydrogen (secondary N) is 2. The van der Waals surface area contributed by atoms with Crippen LogP contribution in [0.2, 0.25) is 0 Å². The molecule has 0 aliphatic carbocycles. The monoisotopic (exact) mass is 366 g/mol. The van der Waals surface area contributed by atoms with E-state index in [9.17, 15) is 9.59 Å². The van der Waals surface area contributed by atoms with Crippen LogP contribution in [0.4, 0.5) is 5.69 Å². The van der Waals surface area contributed by atoms with Gasteiger partial charge in [-0.15, -0.1) is 0 Å². The van der Waals surface area contributed by atoms with Gasteiger partial charge in [0, 0.05) is 31.9 Å². The van der Waals surface area contributed by atoms with Crippen LogP contribution >= 0.6 is 0 Å². The number of aromatic nitrogens is 2. The van der Waals surface area contributed by atoms with Gasteiger partial charge in [-0.05, 0) is 37.3 Å². The zero-order chi connectivity index (χ0) is 18.8. The minimum atomic E-state index is -0.203. The lowest BCUT2D eigenvalue weighted by molar-refractivity contribution is -0.133. The van der Waals surface area contributed by atoms with E-state index in [2.05, 4.69) is 14.9 Å². The van der Waals surface area contributed by atoms with Crippen molar-refractivity contribution in [1.82, 2.24) is 14.9 Å². The second-order valence-corrected chi connectivity index (χ2v) is 6.78. The number of H-pyrrole nitrogens is 2. The lowest BCUT2D eigenvalue weighted by Crippen LogP contribution is -2.50. The highest BCUT2D eigenvalue weighted by molar-refractivity contribution is 5.80. The number of carbonyl (C=O) groups is 1. The first kappa shape index (κ1) is 17.2. The third kappa shape index (κ3) is 3.81. The second kappa shape index (κ2) is 7.19. The van der Waals surface area contributed by atoms with E-state index in [-0.39, 0.29) is 18.2 Å². The van der Waals surface area contributed by atoms with Crippen LogP contribution in [-0.4, -0.2) is 53.6 Å². The molecule has 27 heavy (non-hydrogen) atoms. The van der Waals surface area contributed by atoms with Crippen LogP contribution in [0.25, 0.3) is 11.0 Å². The van der Waals surface area contributed by atoms with Gasteiger partial charge in [0.25, 0.3) is 5.91 Å². The Morgan fingerprint density at radius 2 is 1.70 bits per heavy atom. The fraction of sp³-hybridized carbons (Fsp3) is 0.300. The van der Waals surface area contributed by atoms with E-state index in [4.69, 9.17) is 4.74 Å². The number of anilines is 1. The van der Waals surface area contributed by atoms with Crippen LogP contribution in [0.3, 0.4) is 0 Å². The molecule has 0 bridgehead atoms. The smallest absolute Gasteiger partial charge is 0.323 e. The molecule has 7 nitrogen and oxygen atoms in total. The quantitative estimate of drug-likeness (QED) is 0.739. The van der Waals surface area contributed by atoms with Crippen molar-refractivity contribution in [2.75, 3.05) is 37.7 Å². The van der Waals surface area contributed by atoms with Gasteiger partial charge >= 0.3 is 5.69 Å². The van der Waals surface area contributed by atoms with Gasteiger partial charge in [0.2, 0.25) is 0 Å². The minimum absolute atomic E-state index is 0.000594. The first-order valence-corrected chi connectivity index (χ1v) is 9.03. The number of benzene rings is 2. The molecule has 0 radical (unpaired) electrons. The molecule has 3 aromatic rings. The molecule has 0 saturated carbocycles. The number of nitrogens with zero attached hydrogens (tertiary/aromatic N) is 2. The maximum absolute atomic E-state index is 12.4. The number of aromatic amines is 2.